The molecular weight excluding hydrogens is 360 g/mol. The minimum Gasteiger partial charge on any atom is -0.0859 e. The number of allylic oxidation sites excluding steroid dienone is 10. The van der Waals surface area contributed by atoms with Crippen LogP contribution in [0.4, 0.5) is 0 Å². The van der Waals surface area contributed by atoms with Crippen LogP contribution in [0.25, 0.3) is 0 Å². The summed E-state index contributed by atoms with van der Waals surface area (Å²) in [6.07, 6.45) is 25.8. The Morgan fingerprint density at radius 3 is 1.47 bits per heavy atom. The fraction of sp³-hybridized carbons (Fsp3) is 0.667. The first kappa shape index (κ1) is 28.7. The van der Waals surface area contributed by atoms with Crippen molar-refractivity contribution in [2.24, 2.45) is 5.92 Å². The molecule has 30 heavy (non-hydrogen) atoms. The van der Waals surface area contributed by atoms with Gasteiger partial charge in [0.15, 0.2) is 0 Å². The average molecular weight is 413 g/mol. The van der Waals surface area contributed by atoms with E-state index in [1.165, 1.54) is 87.3 Å². The quantitative estimate of drug-likeness (QED) is 0.175. The summed E-state index contributed by atoms with van der Waals surface area (Å²) in [5.41, 5.74) is 7.53. The summed E-state index contributed by atoms with van der Waals surface area (Å²) in [6, 6.07) is 0. The summed E-state index contributed by atoms with van der Waals surface area (Å²) >= 11 is 0. The molecular formula is C30H52. The van der Waals surface area contributed by atoms with Gasteiger partial charge in [-0.15, -0.1) is 0 Å². The number of rotatable bonds is 16. The van der Waals surface area contributed by atoms with Crippen LogP contribution in [0.1, 0.15) is 126 Å². The minimum atomic E-state index is 0.851. The topological polar surface area (TPSA) is 0 Å². The second kappa shape index (κ2) is 18.5. The summed E-state index contributed by atoms with van der Waals surface area (Å²) in [4.78, 5) is 0. The van der Waals surface area contributed by atoms with Crippen molar-refractivity contribution in [2.45, 2.75) is 126 Å². The van der Waals surface area contributed by atoms with E-state index in [9.17, 15) is 0 Å². The van der Waals surface area contributed by atoms with Gasteiger partial charge >= 0.3 is 0 Å². The van der Waals surface area contributed by atoms with Crippen molar-refractivity contribution in [1.29, 1.82) is 0 Å². The van der Waals surface area contributed by atoms with E-state index < -0.39 is 0 Å². The van der Waals surface area contributed by atoms with Gasteiger partial charge in [0.2, 0.25) is 0 Å². The van der Waals surface area contributed by atoms with Crippen LogP contribution in [-0.2, 0) is 0 Å². The van der Waals surface area contributed by atoms with E-state index in [2.05, 4.69) is 85.8 Å². The SMILES string of the molecule is CC(C)=CCC/C(C)=C\CC/C(C)=C/CC/C=C(\C)CCCC(C)CCC=C(C)C. The van der Waals surface area contributed by atoms with Gasteiger partial charge in [0, 0.05) is 0 Å². The molecule has 0 aromatic carbocycles. The van der Waals surface area contributed by atoms with Crippen molar-refractivity contribution in [3.05, 3.63) is 58.2 Å². The Kier molecular flexibility index (Phi) is 17.7. The fourth-order valence-corrected chi connectivity index (χ4v) is 3.63. The van der Waals surface area contributed by atoms with Crippen LogP contribution >= 0.6 is 0 Å². The maximum absolute atomic E-state index is 2.46. The van der Waals surface area contributed by atoms with Crippen LogP contribution in [0, 0.1) is 5.92 Å². The highest BCUT2D eigenvalue weighted by Gasteiger charge is 2.01. The van der Waals surface area contributed by atoms with Crippen LogP contribution in [0.2, 0.25) is 0 Å². The Bertz CT molecular complexity index is 584. The highest BCUT2D eigenvalue weighted by Crippen LogP contribution is 2.18. The van der Waals surface area contributed by atoms with Gasteiger partial charge < -0.3 is 0 Å². The summed E-state index contributed by atoms with van der Waals surface area (Å²) < 4.78 is 0. The molecule has 0 aliphatic heterocycles. The molecule has 0 saturated carbocycles. The highest BCUT2D eigenvalue weighted by atomic mass is 14.1. The van der Waals surface area contributed by atoms with Gasteiger partial charge in [-0.1, -0.05) is 71.6 Å². The fourth-order valence-electron chi connectivity index (χ4n) is 3.63. The molecule has 0 fully saturated rings. The molecule has 0 rings (SSSR count). The van der Waals surface area contributed by atoms with Crippen LogP contribution in [-0.4, -0.2) is 0 Å². The summed E-state index contributed by atoms with van der Waals surface area (Å²) in [7, 11) is 0. The molecule has 0 heteroatoms. The molecule has 0 aliphatic carbocycles. The van der Waals surface area contributed by atoms with Gasteiger partial charge in [-0.3, -0.25) is 0 Å². The summed E-state index contributed by atoms with van der Waals surface area (Å²) in [6.45, 7) is 18.0. The third kappa shape index (κ3) is 20.0. The largest absolute Gasteiger partial charge is 0.0859 e. The zero-order valence-corrected chi connectivity index (χ0v) is 21.7. The summed E-state index contributed by atoms with van der Waals surface area (Å²) in [5.74, 6) is 0.851. The molecule has 0 radical (unpaired) electrons. The Morgan fingerprint density at radius 1 is 0.500 bits per heavy atom. The lowest BCUT2D eigenvalue weighted by Gasteiger charge is -2.10. The molecule has 0 amide bonds. The van der Waals surface area contributed by atoms with Crippen molar-refractivity contribution in [3.8, 4) is 0 Å². The lowest BCUT2D eigenvalue weighted by atomic mass is 9.96. The van der Waals surface area contributed by atoms with Gasteiger partial charge in [0.1, 0.15) is 0 Å². The Hall–Kier alpha value is -1.30. The van der Waals surface area contributed by atoms with E-state index in [4.69, 9.17) is 0 Å². The molecule has 1 unspecified atom stereocenters. The van der Waals surface area contributed by atoms with Gasteiger partial charge in [0.25, 0.3) is 0 Å². The van der Waals surface area contributed by atoms with E-state index in [-0.39, 0.29) is 0 Å². The van der Waals surface area contributed by atoms with E-state index >= 15 is 0 Å². The molecule has 1 atom stereocenters. The predicted octanol–water partition coefficient (Wildman–Crippen LogP) is 10.7. The maximum atomic E-state index is 2.46. The first-order valence-corrected chi connectivity index (χ1v) is 12.4. The molecule has 0 aromatic heterocycles. The monoisotopic (exact) mass is 412 g/mol. The first-order valence-electron chi connectivity index (χ1n) is 12.4. The van der Waals surface area contributed by atoms with Gasteiger partial charge in [-0.25, -0.2) is 0 Å². The Balaban J connectivity index is 3.95. The molecule has 0 spiro atoms. The molecule has 0 aromatic rings. The van der Waals surface area contributed by atoms with Crippen LogP contribution in [0.3, 0.4) is 0 Å². The zero-order valence-electron chi connectivity index (χ0n) is 21.7. The standard InChI is InChI=1S/C30H52/c1-25(2)15-11-19-29(7)23-13-21-27(5)17-9-10-18-28(6)22-14-24-30(8)20-12-16-26(3)4/h15-18,23,30H,9-14,19-22,24H2,1-8H3/b27-17+,28-18+,29-23-. The summed E-state index contributed by atoms with van der Waals surface area (Å²) in [5, 5.41) is 0. The smallest absolute Gasteiger partial charge is 0.0288 e. The molecule has 0 heterocycles. The van der Waals surface area contributed by atoms with Crippen LogP contribution < -0.4 is 0 Å². The maximum Gasteiger partial charge on any atom is -0.0288 e. The number of hydrogen-bond acceptors (Lipinski definition) is 0. The minimum absolute atomic E-state index is 0.851. The highest BCUT2D eigenvalue weighted by molar-refractivity contribution is 5.06. The molecule has 0 saturated heterocycles. The number of unbranched alkanes of at least 4 members (excludes halogenated alkanes) is 1. The molecule has 0 nitrogen and oxygen atoms in total. The van der Waals surface area contributed by atoms with Gasteiger partial charge in [0.05, 0.1) is 0 Å². The molecule has 0 aliphatic rings. The van der Waals surface area contributed by atoms with Gasteiger partial charge in [-0.2, -0.15) is 0 Å². The lowest BCUT2D eigenvalue weighted by molar-refractivity contribution is 0.478. The van der Waals surface area contributed by atoms with E-state index in [0.29, 0.717) is 0 Å². The van der Waals surface area contributed by atoms with Crippen molar-refractivity contribution >= 4 is 0 Å². The van der Waals surface area contributed by atoms with Crippen molar-refractivity contribution in [3.63, 3.8) is 0 Å². The average Bonchev–Trinajstić information content (AvgIpc) is 2.64. The van der Waals surface area contributed by atoms with Crippen molar-refractivity contribution < 1.29 is 0 Å². The predicted molar refractivity (Wildman–Crippen MR) is 140 cm³/mol. The normalized spacial score (nSPS) is 13.9. The van der Waals surface area contributed by atoms with Crippen molar-refractivity contribution in [1.82, 2.24) is 0 Å². The van der Waals surface area contributed by atoms with Crippen LogP contribution in [0.5, 0.6) is 0 Å². The zero-order chi connectivity index (χ0) is 22.8. The van der Waals surface area contributed by atoms with E-state index in [0.717, 1.165) is 5.92 Å². The molecule has 0 N–H and O–H groups in total. The molecule has 0 bridgehead atoms. The van der Waals surface area contributed by atoms with Crippen LogP contribution in [0.15, 0.2) is 58.2 Å². The Labute approximate surface area is 190 Å². The second-order valence-electron chi connectivity index (χ2n) is 9.94. The Morgan fingerprint density at radius 2 is 0.933 bits per heavy atom. The second-order valence-corrected chi connectivity index (χ2v) is 9.94. The van der Waals surface area contributed by atoms with E-state index in [1.807, 2.05) is 0 Å². The molecule has 172 valence electrons. The third-order valence-electron chi connectivity index (χ3n) is 5.76. The van der Waals surface area contributed by atoms with E-state index in [1.54, 1.807) is 11.1 Å². The first-order chi connectivity index (χ1) is 14.2. The van der Waals surface area contributed by atoms with Crippen molar-refractivity contribution in [2.75, 3.05) is 0 Å². The lowest BCUT2D eigenvalue weighted by Crippen LogP contribution is -1.94. The number of hydrogen-bond donors (Lipinski definition) is 0. The third-order valence-corrected chi connectivity index (χ3v) is 5.76. The van der Waals surface area contributed by atoms with Gasteiger partial charge in [-0.05, 0) is 119 Å².